The molecule has 1 unspecified atom stereocenters. The summed E-state index contributed by atoms with van der Waals surface area (Å²) in [6.45, 7) is 9.29. The maximum Gasteiger partial charge on any atom is 0.220 e. The highest BCUT2D eigenvalue weighted by molar-refractivity contribution is 5.76. The van der Waals surface area contributed by atoms with Crippen LogP contribution in [-0.4, -0.2) is 35.9 Å². The average Bonchev–Trinajstić information content (AvgIpc) is 3.26. The van der Waals surface area contributed by atoms with Gasteiger partial charge in [0.05, 0.1) is 18.3 Å². The van der Waals surface area contributed by atoms with Crippen LogP contribution in [0, 0.1) is 19.7 Å². The second-order valence-electron chi connectivity index (χ2n) is 7.01. The summed E-state index contributed by atoms with van der Waals surface area (Å²) in [4.78, 5) is 13.8. The number of aryl methyl sites for hydroxylation is 3. The monoisotopic (exact) mass is 399 g/mol. The van der Waals surface area contributed by atoms with E-state index in [9.17, 15) is 9.18 Å². The van der Waals surface area contributed by atoms with Crippen LogP contribution in [0.25, 0.3) is 11.4 Å². The molecule has 29 heavy (non-hydrogen) atoms. The number of hydrogen-bond acceptors (Lipinski definition) is 5. The van der Waals surface area contributed by atoms with Crippen molar-refractivity contribution in [1.82, 2.24) is 35.3 Å². The molecule has 1 N–H and O–H groups in total. The van der Waals surface area contributed by atoms with E-state index >= 15 is 0 Å². The van der Waals surface area contributed by atoms with Gasteiger partial charge in [-0.25, -0.2) is 4.39 Å². The maximum atomic E-state index is 13.0. The first kappa shape index (κ1) is 20.6. The number of tetrazole rings is 1. The first-order chi connectivity index (χ1) is 13.9. The van der Waals surface area contributed by atoms with Crippen molar-refractivity contribution < 1.29 is 9.18 Å². The normalized spacial score (nSPS) is 12.2. The van der Waals surface area contributed by atoms with E-state index in [1.165, 1.54) is 16.9 Å². The predicted molar refractivity (Wildman–Crippen MR) is 106 cm³/mol. The molecule has 1 atom stereocenters. The van der Waals surface area contributed by atoms with Crippen LogP contribution < -0.4 is 5.32 Å². The second kappa shape index (κ2) is 8.93. The molecule has 0 aliphatic heterocycles. The minimum atomic E-state index is -0.311. The number of halogens is 1. The minimum Gasteiger partial charge on any atom is -0.349 e. The van der Waals surface area contributed by atoms with Crippen molar-refractivity contribution in [1.29, 1.82) is 0 Å². The number of aromatic nitrogens is 6. The molecule has 1 aromatic carbocycles. The van der Waals surface area contributed by atoms with Crippen LogP contribution >= 0.6 is 0 Å². The summed E-state index contributed by atoms with van der Waals surface area (Å²) in [5, 5.41) is 19.8. The smallest absolute Gasteiger partial charge is 0.220 e. The Kier molecular flexibility index (Phi) is 6.36. The van der Waals surface area contributed by atoms with Crippen LogP contribution in [0.2, 0.25) is 0 Å². The summed E-state index contributed by atoms with van der Waals surface area (Å²) >= 11 is 0. The van der Waals surface area contributed by atoms with Gasteiger partial charge in [-0.05, 0) is 63.6 Å². The second-order valence-corrected chi connectivity index (χ2v) is 7.01. The summed E-state index contributed by atoms with van der Waals surface area (Å²) in [7, 11) is 0. The fourth-order valence-corrected chi connectivity index (χ4v) is 3.46. The first-order valence-electron chi connectivity index (χ1n) is 9.76. The van der Waals surface area contributed by atoms with E-state index in [1.54, 1.807) is 12.1 Å². The van der Waals surface area contributed by atoms with Gasteiger partial charge in [0.2, 0.25) is 11.7 Å². The third-order valence-corrected chi connectivity index (χ3v) is 4.86. The molecule has 0 spiro atoms. The molecule has 0 aliphatic carbocycles. The molecule has 0 saturated carbocycles. The summed E-state index contributed by atoms with van der Waals surface area (Å²) in [6, 6.07) is 5.83. The summed E-state index contributed by atoms with van der Waals surface area (Å²) in [5.41, 5.74) is 3.79. The van der Waals surface area contributed by atoms with Crippen LogP contribution in [0.3, 0.4) is 0 Å². The van der Waals surface area contributed by atoms with Gasteiger partial charge in [0.25, 0.3) is 0 Å². The van der Waals surface area contributed by atoms with Crippen molar-refractivity contribution in [3.8, 4) is 11.4 Å². The lowest BCUT2D eigenvalue weighted by Gasteiger charge is -2.15. The van der Waals surface area contributed by atoms with Gasteiger partial charge in [-0.1, -0.05) is 0 Å². The van der Waals surface area contributed by atoms with Gasteiger partial charge < -0.3 is 5.32 Å². The fourth-order valence-electron chi connectivity index (χ4n) is 3.46. The van der Waals surface area contributed by atoms with E-state index in [-0.39, 0.29) is 17.8 Å². The van der Waals surface area contributed by atoms with Crippen LogP contribution in [0.1, 0.15) is 49.7 Å². The van der Waals surface area contributed by atoms with Crippen molar-refractivity contribution in [2.75, 3.05) is 0 Å². The SMILES string of the molecule is CCn1nc(C)c(C(C)NC(=O)CCCn2nnc(-c3ccc(F)cc3)n2)c1C. The molecular formula is C20H26FN7O. The Morgan fingerprint density at radius 3 is 2.59 bits per heavy atom. The summed E-state index contributed by atoms with van der Waals surface area (Å²) in [5.74, 6) is 0.0928. The van der Waals surface area contributed by atoms with Gasteiger partial charge in [0.15, 0.2) is 0 Å². The number of nitrogens with one attached hydrogen (secondary N) is 1. The lowest BCUT2D eigenvalue weighted by atomic mass is 10.1. The summed E-state index contributed by atoms with van der Waals surface area (Å²) in [6.07, 6.45) is 0.946. The maximum absolute atomic E-state index is 13.0. The number of carbonyl (C=O) groups is 1. The number of carbonyl (C=O) groups excluding carboxylic acids is 1. The number of nitrogens with zero attached hydrogens (tertiary/aromatic N) is 6. The lowest BCUT2D eigenvalue weighted by molar-refractivity contribution is -0.121. The van der Waals surface area contributed by atoms with Crippen LogP contribution in [0.5, 0.6) is 0 Å². The van der Waals surface area contributed by atoms with Gasteiger partial charge in [-0.15, -0.1) is 10.2 Å². The van der Waals surface area contributed by atoms with Crippen molar-refractivity contribution in [2.45, 2.75) is 59.7 Å². The molecule has 1 amide bonds. The van der Waals surface area contributed by atoms with Gasteiger partial charge in [-0.3, -0.25) is 9.48 Å². The number of hydrogen-bond donors (Lipinski definition) is 1. The highest BCUT2D eigenvalue weighted by Gasteiger charge is 2.18. The lowest BCUT2D eigenvalue weighted by Crippen LogP contribution is -2.27. The van der Waals surface area contributed by atoms with Gasteiger partial charge in [-0.2, -0.15) is 9.90 Å². The van der Waals surface area contributed by atoms with Crippen molar-refractivity contribution in [3.63, 3.8) is 0 Å². The Morgan fingerprint density at radius 1 is 1.21 bits per heavy atom. The fraction of sp³-hybridized carbons (Fsp3) is 0.450. The van der Waals surface area contributed by atoms with Gasteiger partial charge >= 0.3 is 0 Å². The van der Waals surface area contributed by atoms with Crippen molar-refractivity contribution in [2.24, 2.45) is 0 Å². The van der Waals surface area contributed by atoms with Crippen LogP contribution in [0.15, 0.2) is 24.3 Å². The first-order valence-corrected chi connectivity index (χ1v) is 9.76. The highest BCUT2D eigenvalue weighted by atomic mass is 19.1. The zero-order valence-electron chi connectivity index (χ0n) is 17.2. The zero-order valence-corrected chi connectivity index (χ0v) is 17.2. The molecule has 0 aliphatic rings. The molecule has 3 rings (SSSR count). The highest BCUT2D eigenvalue weighted by Crippen LogP contribution is 2.21. The van der Waals surface area contributed by atoms with Crippen molar-refractivity contribution in [3.05, 3.63) is 47.0 Å². The Balaban J connectivity index is 1.50. The number of amides is 1. The average molecular weight is 399 g/mol. The number of benzene rings is 1. The Hall–Kier alpha value is -3.10. The molecule has 2 aromatic heterocycles. The van der Waals surface area contributed by atoms with Crippen molar-refractivity contribution >= 4 is 5.91 Å². The van der Waals surface area contributed by atoms with Gasteiger partial charge in [0.1, 0.15) is 5.82 Å². The molecule has 154 valence electrons. The molecule has 3 aromatic rings. The minimum absolute atomic E-state index is 0.0283. The van der Waals surface area contributed by atoms with Crippen LogP contribution in [0.4, 0.5) is 4.39 Å². The van der Waals surface area contributed by atoms with E-state index in [0.717, 1.165) is 23.5 Å². The topological polar surface area (TPSA) is 90.5 Å². The van der Waals surface area contributed by atoms with E-state index in [2.05, 4.69) is 25.8 Å². The standard InChI is InChI=1S/C20H26FN7O/c1-5-27-15(4)19(14(3)24-27)13(2)22-18(29)7-6-12-28-25-20(23-26-28)16-8-10-17(21)11-9-16/h8-11,13H,5-7,12H2,1-4H3,(H,22,29). The third-order valence-electron chi connectivity index (χ3n) is 4.86. The Labute approximate surface area is 169 Å². The summed E-state index contributed by atoms with van der Waals surface area (Å²) < 4.78 is 15.0. The Morgan fingerprint density at radius 2 is 1.93 bits per heavy atom. The molecule has 0 radical (unpaired) electrons. The third kappa shape index (κ3) is 4.85. The predicted octanol–water partition coefficient (Wildman–Crippen LogP) is 2.97. The molecule has 0 fully saturated rings. The molecule has 0 saturated heterocycles. The quantitative estimate of drug-likeness (QED) is 0.629. The molecule has 9 heteroatoms. The van der Waals surface area contributed by atoms with E-state index in [4.69, 9.17) is 0 Å². The number of rotatable bonds is 8. The van der Waals surface area contributed by atoms with E-state index in [0.29, 0.717) is 30.8 Å². The molecular weight excluding hydrogens is 373 g/mol. The zero-order chi connectivity index (χ0) is 21.0. The molecule has 2 heterocycles. The largest absolute Gasteiger partial charge is 0.349 e. The van der Waals surface area contributed by atoms with Gasteiger partial charge in [0, 0.05) is 29.8 Å². The van der Waals surface area contributed by atoms with E-state index < -0.39 is 0 Å². The molecule has 0 bridgehead atoms. The van der Waals surface area contributed by atoms with Crippen LogP contribution in [-0.2, 0) is 17.9 Å². The van der Waals surface area contributed by atoms with E-state index in [1.807, 2.05) is 32.4 Å². The Bertz CT molecular complexity index is 977. The molecule has 8 nitrogen and oxygen atoms in total.